The zero-order valence-electron chi connectivity index (χ0n) is 12.1. The Morgan fingerprint density at radius 1 is 0.783 bits per heavy atom. The van der Waals surface area contributed by atoms with Gasteiger partial charge in [0, 0.05) is 11.0 Å². The Kier molecular flexibility index (Phi) is 2.88. The summed E-state index contributed by atoms with van der Waals surface area (Å²) in [5.41, 5.74) is 1.02. The second-order valence-corrected chi connectivity index (χ2v) is 5.50. The number of benzene rings is 3. The normalized spacial score (nSPS) is 14.5. The molecular weight excluding hydrogens is 288 g/mol. The lowest BCUT2D eigenvalue weighted by molar-refractivity contribution is -0.113. The monoisotopic (exact) mass is 300 g/mol. The molecule has 4 rings (SSSR count). The van der Waals surface area contributed by atoms with Gasteiger partial charge in [-0.25, -0.2) is 0 Å². The summed E-state index contributed by atoms with van der Waals surface area (Å²) in [6.45, 7) is 0. The number of hydrogen-bond acceptors (Lipinski definition) is 3. The van der Waals surface area contributed by atoms with Crippen molar-refractivity contribution in [3.05, 3.63) is 72.3 Å². The molecule has 0 unspecified atom stereocenters. The quantitative estimate of drug-likeness (QED) is 0.549. The lowest BCUT2D eigenvalue weighted by Crippen LogP contribution is -2.07. The molecule has 0 aromatic heterocycles. The van der Waals surface area contributed by atoms with Crippen molar-refractivity contribution in [2.24, 2.45) is 0 Å². The van der Waals surface area contributed by atoms with E-state index in [-0.39, 0.29) is 17.3 Å². The first-order valence-corrected chi connectivity index (χ1v) is 7.27. The number of allylic oxidation sites excluding steroid dienone is 4. The van der Waals surface area contributed by atoms with Crippen LogP contribution in [0.2, 0.25) is 0 Å². The van der Waals surface area contributed by atoms with Crippen LogP contribution in [0.4, 0.5) is 0 Å². The fourth-order valence-electron chi connectivity index (χ4n) is 3.06. The second kappa shape index (κ2) is 4.92. The van der Waals surface area contributed by atoms with Crippen molar-refractivity contribution in [2.75, 3.05) is 0 Å². The number of carbonyl (C=O) groups is 2. The summed E-state index contributed by atoms with van der Waals surface area (Å²) in [6.07, 6.45) is 3.91. The summed E-state index contributed by atoms with van der Waals surface area (Å²) >= 11 is 0. The van der Waals surface area contributed by atoms with E-state index in [9.17, 15) is 14.7 Å². The Labute approximate surface area is 132 Å². The minimum absolute atomic E-state index is 0.159. The fraction of sp³-hybridized carbons (Fsp3) is 0. The SMILES string of the molecule is O=C1C=CC(=O)C(c2ccc(O)c3c2ccc2ccccc23)=C1. The Balaban J connectivity index is 2.10. The molecule has 0 aliphatic heterocycles. The van der Waals surface area contributed by atoms with Crippen LogP contribution >= 0.6 is 0 Å². The summed E-state index contributed by atoms with van der Waals surface area (Å²) < 4.78 is 0. The van der Waals surface area contributed by atoms with Crippen molar-refractivity contribution >= 4 is 38.7 Å². The van der Waals surface area contributed by atoms with Gasteiger partial charge in [-0.15, -0.1) is 0 Å². The van der Waals surface area contributed by atoms with Gasteiger partial charge in [-0.3, -0.25) is 9.59 Å². The Morgan fingerprint density at radius 2 is 1.61 bits per heavy atom. The zero-order valence-corrected chi connectivity index (χ0v) is 12.1. The molecule has 0 amide bonds. The molecule has 3 aromatic rings. The average molecular weight is 300 g/mol. The number of phenolic OH excluding ortho intramolecular Hbond substituents is 1. The summed E-state index contributed by atoms with van der Waals surface area (Å²) in [4.78, 5) is 23.8. The summed E-state index contributed by atoms with van der Waals surface area (Å²) in [7, 11) is 0. The molecule has 0 bridgehead atoms. The van der Waals surface area contributed by atoms with Gasteiger partial charge in [0.1, 0.15) is 5.75 Å². The topological polar surface area (TPSA) is 54.4 Å². The van der Waals surface area contributed by atoms with Crippen LogP contribution in [-0.4, -0.2) is 16.7 Å². The maximum absolute atomic E-state index is 12.2. The van der Waals surface area contributed by atoms with Crippen molar-refractivity contribution < 1.29 is 14.7 Å². The van der Waals surface area contributed by atoms with Crippen LogP contribution in [0.25, 0.3) is 27.1 Å². The number of aromatic hydroxyl groups is 1. The van der Waals surface area contributed by atoms with Gasteiger partial charge in [-0.2, -0.15) is 0 Å². The van der Waals surface area contributed by atoms with Crippen LogP contribution in [-0.2, 0) is 9.59 Å². The Bertz CT molecular complexity index is 1060. The van der Waals surface area contributed by atoms with Crippen LogP contribution in [0, 0.1) is 0 Å². The predicted octanol–water partition coefficient (Wildman–Crippen LogP) is 3.79. The van der Waals surface area contributed by atoms with E-state index in [0.29, 0.717) is 16.5 Å². The van der Waals surface area contributed by atoms with Gasteiger partial charge in [0.25, 0.3) is 0 Å². The first-order chi connectivity index (χ1) is 11.1. The summed E-state index contributed by atoms with van der Waals surface area (Å²) in [6, 6.07) is 14.8. The maximum atomic E-state index is 12.2. The number of rotatable bonds is 1. The van der Waals surface area contributed by atoms with Crippen molar-refractivity contribution in [1.29, 1.82) is 0 Å². The third kappa shape index (κ3) is 2.06. The van der Waals surface area contributed by atoms with E-state index in [1.165, 1.54) is 18.2 Å². The fourth-order valence-corrected chi connectivity index (χ4v) is 3.06. The van der Waals surface area contributed by atoms with E-state index in [1.54, 1.807) is 12.1 Å². The van der Waals surface area contributed by atoms with Crippen molar-refractivity contribution in [2.45, 2.75) is 0 Å². The summed E-state index contributed by atoms with van der Waals surface area (Å²) in [5.74, 6) is -0.252. The van der Waals surface area contributed by atoms with Gasteiger partial charge in [-0.1, -0.05) is 36.4 Å². The van der Waals surface area contributed by atoms with E-state index >= 15 is 0 Å². The molecule has 1 aliphatic rings. The van der Waals surface area contributed by atoms with Crippen LogP contribution in [0.15, 0.2) is 66.8 Å². The molecule has 0 fully saturated rings. The maximum Gasteiger partial charge on any atom is 0.186 e. The molecule has 110 valence electrons. The molecule has 0 saturated carbocycles. The van der Waals surface area contributed by atoms with E-state index in [1.807, 2.05) is 36.4 Å². The number of hydrogen-bond donors (Lipinski definition) is 1. The third-order valence-electron chi connectivity index (χ3n) is 4.12. The summed E-state index contributed by atoms with van der Waals surface area (Å²) in [5, 5.41) is 13.7. The Hall–Kier alpha value is -3.20. The van der Waals surface area contributed by atoms with E-state index in [0.717, 1.165) is 16.2 Å². The zero-order chi connectivity index (χ0) is 16.0. The highest BCUT2D eigenvalue weighted by molar-refractivity contribution is 6.36. The second-order valence-electron chi connectivity index (χ2n) is 5.50. The van der Waals surface area contributed by atoms with Crippen LogP contribution in [0.3, 0.4) is 0 Å². The van der Waals surface area contributed by atoms with Crippen LogP contribution in [0.5, 0.6) is 5.75 Å². The van der Waals surface area contributed by atoms with Crippen molar-refractivity contribution in [3.8, 4) is 5.75 Å². The molecule has 23 heavy (non-hydrogen) atoms. The molecule has 0 atom stereocenters. The van der Waals surface area contributed by atoms with E-state index in [4.69, 9.17) is 0 Å². The number of phenols is 1. The van der Waals surface area contributed by atoms with E-state index < -0.39 is 0 Å². The molecule has 3 nitrogen and oxygen atoms in total. The third-order valence-corrected chi connectivity index (χ3v) is 4.12. The molecule has 3 aromatic carbocycles. The van der Waals surface area contributed by atoms with Crippen LogP contribution in [0.1, 0.15) is 5.56 Å². The molecule has 0 spiro atoms. The lowest BCUT2D eigenvalue weighted by Gasteiger charge is -2.13. The smallest absolute Gasteiger partial charge is 0.186 e. The predicted molar refractivity (Wildman–Crippen MR) is 90.2 cm³/mol. The Morgan fingerprint density at radius 3 is 2.48 bits per heavy atom. The van der Waals surface area contributed by atoms with Crippen molar-refractivity contribution in [3.63, 3.8) is 0 Å². The molecule has 1 N–H and O–H groups in total. The van der Waals surface area contributed by atoms with E-state index in [2.05, 4.69) is 0 Å². The van der Waals surface area contributed by atoms with Gasteiger partial charge in [0.2, 0.25) is 0 Å². The highest BCUT2D eigenvalue weighted by Crippen LogP contribution is 2.37. The molecule has 3 heteroatoms. The van der Waals surface area contributed by atoms with Gasteiger partial charge in [0.15, 0.2) is 11.6 Å². The highest BCUT2D eigenvalue weighted by atomic mass is 16.3. The molecule has 1 aliphatic carbocycles. The largest absolute Gasteiger partial charge is 0.507 e. The molecule has 0 radical (unpaired) electrons. The molecule has 0 heterocycles. The minimum atomic E-state index is -0.207. The van der Waals surface area contributed by atoms with Gasteiger partial charge >= 0.3 is 0 Å². The number of fused-ring (bicyclic) bond motifs is 3. The number of carbonyl (C=O) groups excluding carboxylic acids is 2. The standard InChI is InChI=1S/C20H12O3/c21-13-6-9-18(22)17(11-13)15-8-10-19(23)20-14-4-2-1-3-12(14)5-7-16(15)20/h1-11,23H. The molecular formula is C20H12O3. The first-order valence-electron chi connectivity index (χ1n) is 7.27. The highest BCUT2D eigenvalue weighted by Gasteiger charge is 2.19. The number of ketones is 2. The van der Waals surface area contributed by atoms with Gasteiger partial charge in [-0.05, 0) is 52.1 Å². The lowest BCUT2D eigenvalue weighted by atomic mass is 9.90. The minimum Gasteiger partial charge on any atom is -0.507 e. The average Bonchev–Trinajstić information content (AvgIpc) is 2.57. The van der Waals surface area contributed by atoms with Crippen molar-refractivity contribution in [1.82, 2.24) is 0 Å². The molecule has 0 saturated heterocycles. The van der Waals surface area contributed by atoms with Crippen LogP contribution < -0.4 is 0 Å². The van der Waals surface area contributed by atoms with Gasteiger partial charge in [0.05, 0.1) is 0 Å². The first kappa shape index (κ1) is 13.5. The van der Waals surface area contributed by atoms with Gasteiger partial charge < -0.3 is 5.11 Å².